The maximum Gasteiger partial charge on any atom is 0.332 e. The van der Waals surface area contributed by atoms with Gasteiger partial charge in [-0.15, -0.1) is 0 Å². The highest BCUT2D eigenvalue weighted by molar-refractivity contribution is 5.70. The van der Waals surface area contributed by atoms with Crippen molar-refractivity contribution in [1.82, 2.24) is 24.0 Å². The van der Waals surface area contributed by atoms with E-state index in [0.29, 0.717) is 30.8 Å². The largest absolute Gasteiger partial charge is 0.332 e. The Morgan fingerprint density at radius 3 is 2.77 bits per heavy atom. The number of hydrogen-bond donors (Lipinski definition) is 1. The van der Waals surface area contributed by atoms with Crippen molar-refractivity contribution in [3.05, 3.63) is 27.2 Å². The molecule has 0 radical (unpaired) electrons. The van der Waals surface area contributed by atoms with Gasteiger partial charge >= 0.3 is 5.69 Å². The molecule has 1 aliphatic heterocycles. The van der Waals surface area contributed by atoms with Crippen LogP contribution in [-0.2, 0) is 19.6 Å². The van der Waals surface area contributed by atoms with Gasteiger partial charge in [0, 0.05) is 25.7 Å². The van der Waals surface area contributed by atoms with Gasteiger partial charge in [-0.3, -0.25) is 13.9 Å². The highest BCUT2D eigenvalue weighted by atomic mass is 16.2. The van der Waals surface area contributed by atoms with Gasteiger partial charge in [0.2, 0.25) is 0 Å². The van der Waals surface area contributed by atoms with Crippen LogP contribution in [0.3, 0.4) is 0 Å². The van der Waals surface area contributed by atoms with Crippen LogP contribution < -0.4 is 16.6 Å². The van der Waals surface area contributed by atoms with Gasteiger partial charge in [0.25, 0.3) is 5.56 Å². The van der Waals surface area contributed by atoms with E-state index >= 15 is 0 Å². The van der Waals surface area contributed by atoms with Gasteiger partial charge in [0.05, 0.1) is 6.33 Å². The fourth-order valence-corrected chi connectivity index (χ4v) is 3.20. The van der Waals surface area contributed by atoms with Crippen LogP contribution in [-0.4, -0.2) is 31.3 Å². The summed E-state index contributed by atoms with van der Waals surface area (Å²) in [6.45, 7) is 6.62. The summed E-state index contributed by atoms with van der Waals surface area (Å²) in [5.41, 5.74) is 0.581. The molecule has 0 bridgehead atoms. The number of aromatic nitrogens is 4. The van der Waals surface area contributed by atoms with Gasteiger partial charge in [0.1, 0.15) is 0 Å². The van der Waals surface area contributed by atoms with Crippen LogP contribution in [0.1, 0.15) is 33.1 Å². The summed E-state index contributed by atoms with van der Waals surface area (Å²) in [6, 6.07) is 0.205. The number of nitrogens with zero attached hydrogens (tertiary/aromatic N) is 4. The molecule has 7 nitrogen and oxygen atoms in total. The lowest BCUT2D eigenvalue weighted by atomic mass is 10.2. The molecule has 2 aromatic rings. The Labute approximate surface area is 128 Å². The Bertz CT molecular complexity index is 780. The lowest BCUT2D eigenvalue weighted by Gasteiger charge is -2.15. The fourth-order valence-electron chi connectivity index (χ4n) is 3.20. The Kier molecular flexibility index (Phi) is 4.15. The third-order valence-electron chi connectivity index (χ3n) is 4.34. The highest BCUT2D eigenvalue weighted by Gasteiger charge is 2.21. The minimum absolute atomic E-state index is 0.205. The van der Waals surface area contributed by atoms with Gasteiger partial charge in [-0.2, -0.15) is 0 Å². The van der Waals surface area contributed by atoms with Crippen LogP contribution in [0.5, 0.6) is 0 Å². The molecule has 3 rings (SSSR count). The van der Waals surface area contributed by atoms with Gasteiger partial charge < -0.3 is 9.88 Å². The van der Waals surface area contributed by atoms with Gasteiger partial charge in [0.15, 0.2) is 11.2 Å². The average molecular weight is 305 g/mol. The molecule has 1 saturated heterocycles. The molecule has 3 heterocycles. The molecular formula is C15H23N5O2. The van der Waals surface area contributed by atoms with Crippen LogP contribution in [0.25, 0.3) is 11.2 Å². The van der Waals surface area contributed by atoms with E-state index in [0.717, 1.165) is 25.8 Å². The Morgan fingerprint density at radius 2 is 2.14 bits per heavy atom. The SMILES string of the molecule is CCCn1c(=O)n(CC2CCCN2)c(=O)c2c1ncn2CC. The molecule has 0 aromatic carbocycles. The molecule has 1 aliphatic rings. The summed E-state index contributed by atoms with van der Waals surface area (Å²) >= 11 is 0. The minimum Gasteiger partial charge on any atom is -0.325 e. The van der Waals surface area contributed by atoms with E-state index < -0.39 is 0 Å². The van der Waals surface area contributed by atoms with E-state index in [-0.39, 0.29) is 17.3 Å². The lowest BCUT2D eigenvalue weighted by Crippen LogP contribution is -2.44. The van der Waals surface area contributed by atoms with Crippen LogP contribution in [0.15, 0.2) is 15.9 Å². The van der Waals surface area contributed by atoms with E-state index in [1.165, 1.54) is 4.57 Å². The van der Waals surface area contributed by atoms with Crippen molar-refractivity contribution in [2.24, 2.45) is 0 Å². The van der Waals surface area contributed by atoms with E-state index in [9.17, 15) is 9.59 Å². The quantitative estimate of drug-likeness (QED) is 0.875. The van der Waals surface area contributed by atoms with Gasteiger partial charge in [-0.05, 0) is 32.7 Å². The zero-order chi connectivity index (χ0) is 15.7. The molecule has 1 fully saturated rings. The second-order valence-corrected chi connectivity index (χ2v) is 5.85. The standard InChI is InChI=1S/C15H23N5O2/c1-3-8-19-13-12(18(4-2)10-17-13)14(21)20(15(19)22)9-11-6-5-7-16-11/h10-11,16H,3-9H2,1-2H3. The Morgan fingerprint density at radius 1 is 1.32 bits per heavy atom. The van der Waals surface area contributed by atoms with E-state index in [1.807, 2.05) is 18.4 Å². The number of hydrogen-bond acceptors (Lipinski definition) is 4. The van der Waals surface area contributed by atoms with Crippen molar-refractivity contribution >= 4 is 11.2 Å². The third-order valence-corrected chi connectivity index (χ3v) is 4.34. The smallest absolute Gasteiger partial charge is 0.325 e. The molecule has 1 atom stereocenters. The number of aryl methyl sites for hydroxylation is 2. The predicted octanol–water partition coefficient (Wildman–Crippen LogP) is 0.542. The van der Waals surface area contributed by atoms with Crippen LogP contribution in [0.2, 0.25) is 0 Å². The molecular weight excluding hydrogens is 282 g/mol. The molecule has 1 unspecified atom stereocenters. The molecule has 22 heavy (non-hydrogen) atoms. The van der Waals surface area contributed by atoms with Crippen LogP contribution >= 0.6 is 0 Å². The maximum absolute atomic E-state index is 12.8. The normalized spacial score (nSPS) is 18.4. The van der Waals surface area contributed by atoms with Crippen molar-refractivity contribution in [2.45, 2.75) is 58.8 Å². The van der Waals surface area contributed by atoms with E-state index in [2.05, 4.69) is 10.3 Å². The van der Waals surface area contributed by atoms with Crippen molar-refractivity contribution in [2.75, 3.05) is 6.54 Å². The molecule has 0 amide bonds. The minimum atomic E-state index is -0.241. The van der Waals surface area contributed by atoms with Crippen LogP contribution in [0.4, 0.5) is 0 Å². The fraction of sp³-hybridized carbons (Fsp3) is 0.667. The summed E-state index contributed by atoms with van der Waals surface area (Å²) in [5, 5.41) is 3.35. The zero-order valence-corrected chi connectivity index (χ0v) is 13.2. The number of fused-ring (bicyclic) bond motifs is 1. The molecule has 2 aromatic heterocycles. The molecule has 120 valence electrons. The molecule has 1 N–H and O–H groups in total. The van der Waals surface area contributed by atoms with Crippen molar-refractivity contribution in [3.63, 3.8) is 0 Å². The monoisotopic (exact) mass is 305 g/mol. The number of rotatable bonds is 5. The Balaban J connectivity index is 2.21. The lowest BCUT2D eigenvalue weighted by molar-refractivity contribution is 0.468. The first-order valence-corrected chi connectivity index (χ1v) is 8.09. The molecule has 0 saturated carbocycles. The third kappa shape index (κ3) is 2.39. The Hall–Kier alpha value is -1.89. The van der Waals surface area contributed by atoms with E-state index in [4.69, 9.17) is 0 Å². The second-order valence-electron chi connectivity index (χ2n) is 5.85. The molecule has 7 heteroatoms. The summed E-state index contributed by atoms with van der Waals surface area (Å²) < 4.78 is 4.84. The highest BCUT2D eigenvalue weighted by Crippen LogP contribution is 2.09. The van der Waals surface area contributed by atoms with Crippen molar-refractivity contribution < 1.29 is 0 Å². The first kappa shape index (κ1) is 15.0. The number of imidazole rings is 1. The van der Waals surface area contributed by atoms with E-state index in [1.54, 1.807) is 10.9 Å². The molecule has 0 aliphatic carbocycles. The predicted molar refractivity (Wildman–Crippen MR) is 85.2 cm³/mol. The summed E-state index contributed by atoms with van der Waals surface area (Å²) in [6.07, 6.45) is 4.58. The summed E-state index contributed by atoms with van der Waals surface area (Å²) in [4.78, 5) is 29.8. The summed E-state index contributed by atoms with van der Waals surface area (Å²) in [5.74, 6) is 0. The van der Waals surface area contributed by atoms with Gasteiger partial charge in [-0.1, -0.05) is 6.92 Å². The summed E-state index contributed by atoms with van der Waals surface area (Å²) in [7, 11) is 0. The second kappa shape index (κ2) is 6.08. The maximum atomic E-state index is 12.8. The van der Waals surface area contributed by atoms with Crippen molar-refractivity contribution in [3.8, 4) is 0 Å². The average Bonchev–Trinajstić information content (AvgIpc) is 3.17. The topological polar surface area (TPSA) is 73.8 Å². The van der Waals surface area contributed by atoms with Crippen molar-refractivity contribution in [1.29, 1.82) is 0 Å². The molecule has 0 spiro atoms. The number of nitrogens with one attached hydrogen (secondary N) is 1. The first-order chi connectivity index (χ1) is 10.7. The zero-order valence-electron chi connectivity index (χ0n) is 13.2. The van der Waals surface area contributed by atoms with Crippen LogP contribution in [0, 0.1) is 0 Å². The van der Waals surface area contributed by atoms with Gasteiger partial charge in [-0.25, -0.2) is 9.78 Å². The first-order valence-electron chi connectivity index (χ1n) is 8.09.